The van der Waals surface area contributed by atoms with E-state index < -0.39 is 5.41 Å². The Morgan fingerprint density at radius 1 is 0.618 bits per heavy atom. The summed E-state index contributed by atoms with van der Waals surface area (Å²) in [6.45, 7) is 0. The SMILES string of the molecule is Clc1ccc2c(c1)C(c1ccccc1)(c1ccccc1)c1c-2c2ccccc2c2ccc#cc12. The fraction of sp³-hybridized carbons (Fsp3) is 0.0303. The molecule has 34 heavy (non-hydrogen) atoms. The summed E-state index contributed by atoms with van der Waals surface area (Å²) in [5, 5.41) is 5.53. The molecule has 0 atom stereocenters. The van der Waals surface area contributed by atoms with Crippen LogP contribution in [0.4, 0.5) is 0 Å². The van der Waals surface area contributed by atoms with Gasteiger partial charge in [-0.25, -0.2) is 0 Å². The lowest BCUT2D eigenvalue weighted by Crippen LogP contribution is -2.28. The van der Waals surface area contributed by atoms with E-state index in [1.165, 1.54) is 49.5 Å². The van der Waals surface area contributed by atoms with Gasteiger partial charge in [-0.2, -0.15) is 0 Å². The number of rotatable bonds is 2. The van der Waals surface area contributed by atoms with E-state index in [4.69, 9.17) is 11.6 Å². The first-order valence-corrected chi connectivity index (χ1v) is 11.9. The van der Waals surface area contributed by atoms with E-state index in [0.29, 0.717) is 0 Å². The Labute approximate surface area is 204 Å². The quantitative estimate of drug-likeness (QED) is 0.247. The van der Waals surface area contributed by atoms with Gasteiger partial charge in [0.05, 0.1) is 5.41 Å². The third-order valence-corrected chi connectivity index (χ3v) is 7.47. The van der Waals surface area contributed by atoms with Gasteiger partial charge in [-0.05, 0) is 73.8 Å². The Bertz CT molecular complexity index is 1660. The zero-order valence-electron chi connectivity index (χ0n) is 18.3. The van der Waals surface area contributed by atoms with Gasteiger partial charge in [0.1, 0.15) is 0 Å². The van der Waals surface area contributed by atoms with E-state index >= 15 is 0 Å². The molecule has 6 aromatic rings. The van der Waals surface area contributed by atoms with Crippen LogP contribution in [0.15, 0.2) is 115 Å². The first-order chi connectivity index (χ1) is 16.8. The van der Waals surface area contributed by atoms with Gasteiger partial charge in [0.15, 0.2) is 0 Å². The molecule has 0 fully saturated rings. The maximum Gasteiger partial charge on any atom is 0.0726 e. The number of halogens is 1. The largest absolute Gasteiger partial charge is 0.0843 e. The molecule has 1 aliphatic rings. The van der Waals surface area contributed by atoms with Crippen molar-refractivity contribution in [3.8, 4) is 11.1 Å². The molecule has 0 amide bonds. The van der Waals surface area contributed by atoms with E-state index in [2.05, 4.69) is 115 Å². The molecule has 0 N–H and O–H groups in total. The van der Waals surface area contributed by atoms with Crippen LogP contribution in [-0.4, -0.2) is 0 Å². The normalized spacial score (nSPS) is 13.4. The van der Waals surface area contributed by atoms with Crippen molar-refractivity contribution in [1.29, 1.82) is 0 Å². The maximum absolute atomic E-state index is 6.69. The van der Waals surface area contributed by atoms with Crippen molar-refractivity contribution < 1.29 is 0 Å². The van der Waals surface area contributed by atoms with Crippen molar-refractivity contribution in [2.75, 3.05) is 0 Å². The maximum atomic E-state index is 6.69. The second-order valence-electron chi connectivity index (χ2n) is 8.86. The smallest absolute Gasteiger partial charge is 0.0726 e. The molecule has 7 rings (SSSR count). The molecule has 0 saturated heterocycles. The first-order valence-electron chi connectivity index (χ1n) is 11.5. The van der Waals surface area contributed by atoms with E-state index in [1.807, 2.05) is 12.1 Å². The predicted octanol–water partition coefficient (Wildman–Crippen LogP) is 8.61. The van der Waals surface area contributed by atoms with Gasteiger partial charge >= 0.3 is 0 Å². The molecular weight excluding hydrogens is 432 g/mol. The van der Waals surface area contributed by atoms with Crippen molar-refractivity contribution in [3.05, 3.63) is 155 Å². The van der Waals surface area contributed by atoms with Crippen molar-refractivity contribution >= 4 is 33.1 Å². The summed E-state index contributed by atoms with van der Waals surface area (Å²) in [4.78, 5) is 0. The lowest BCUT2D eigenvalue weighted by Gasteiger charge is -2.34. The molecule has 0 bridgehead atoms. The van der Waals surface area contributed by atoms with Crippen LogP contribution >= 0.6 is 11.6 Å². The highest BCUT2D eigenvalue weighted by Gasteiger charge is 2.48. The fourth-order valence-electron chi connectivity index (χ4n) is 5.98. The molecule has 0 aromatic heterocycles. The number of hydrogen-bond donors (Lipinski definition) is 0. The van der Waals surface area contributed by atoms with Crippen LogP contribution in [0.2, 0.25) is 5.02 Å². The van der Waals surface area contributed by atoms with Crippen LogP contribution in [0.1, 0.15) is 22.3 Å². The average molecular weight is 451 g/mol. The summed E-state index contributed by atoms with van der Waals surface area (Å²) in [7, 11) is 0. The Morgan fingerprint density at radius 2 is 1.26 bits per heavy atom. The number of hydrogen-bond acceptors (Lipinski definition) is 0. The molecule has 0 spiro atoms. The molecule has 1 heteroatoms. The topological polar surface area (TPSA) is 0 Å². The second kappa shape index (κ2) is 7.22. The monoisotopic (exact) mass is 450 g/mol. The Kier molecular flexibility index (Phi) is 4.13. The van der Waals surface area contributed by atoms with E-state index in [-0.39, 0.29) is 0 Å². The summed E-state index contributed by atoms with van der Waals surface area (Å²) in [6, 6.07) is 47.6. The van der Waals surface area contributed by atoms with Crippen LogP contribution in [-0.2, 0) is 5.41 Å². The summed E-state index contributed by atoms with van der Waals surface area (Å²) >= 11 is 6.69. The molecule has 1 aliphatic carbocycles. The first kappa shape index (κ1) is 19.4. The van der Waals surface area contributed by atoms with Crippen molar-refractivity contribution in [2.24, 2.45) is 0 Å². The van der Waals surface area contributed by atoms with Gasteiger partial charge in [-0.3, -0.25) is 0 Å². The molecule has 0 aliphatic heterocycles. The van der Waals surface area contributed by atoms with Crippen LogP contribution in [0.3, 0.4) is 0 Å². The summed E-state index contributed by atoms with van der Waals surface area (Å²) in [6.07, 6.45) is 0. The molecule has 0 nitrogen and oxygen atoms in total. The standard InChI is InChI=1S/C33H19Cl/c34-24-19-20-29-30(21-24)33(22-11-3-1-4-12-22,23-13-5-2-6-14-23)32-28-18-10-8-16-26(28)25-15-7-9-17-27(25)31(29)32/h1-9,11-17,19-21H. The lowest BCUT2D eigenvalue weighted by atomic mass is 9.66. The minimum Gasteiger partial charge on any atom is -0.0843 e. The van der Waals surface area contributed by atoms with Gasteiger partial charge in [0.25, 0.3) is 0 Å². The molecule has 6 aromatic carbocycles. The van der Waals surface area contributed by atoms with Crippen LogP contribution in [0, 0.1) is 12.1 Å². The zero-order chi connectivity index (χ0) is 22.7. The van der Waals surface area contributed by atoms with E-state index in [1.54, 1.807) is 0 Å². The molecular formula is C33H19Cl. The third kappa shape index (κ3) is 2.45. The minimum absolute atomic E-state index is 0.522. The lowest BCUT2D eigenvalue weighted by molar-refractivity contribution is 0.776. The van der Waals surface area contributed by atoms with Crippen molar-refractivity contribution in [2.45, 2.75) is 5.41 Å². The van der Waals surface area contributed by atoms with Crippen LogP contribution < -0.4 is 0 Å². The van der Waals surface area contributed by atoms with Gasteiger partial charge in [-0.15, -0.1) is 0 Å². The summed E-state index contributed by atoms with van der Waals surface area (Å²) in [5.41, 5.74) is 6.87. The Balaban J connectivity index is 1.82. The highest BCUT2D eigenvalue weighted by molar-refractivity contribution is 6.31. The van der Waals surface area contributed by atoms with E-state index in [0.717, 1.165) is 10.4 Å². The van der Waals surface area contributed by atoms with E-state index in [9.17, 15) is 0 Å². The summed E-state index contributed by atoms with van der Waals surface area (Å²) in [5.74, 6) is 0. The average Bonchev–Trinajstić information content (AvgIpc) is 3.21. The van der Waals surface area contributed by atoms with Gasteiger partial charge < -0.3 is 0 Å². The zero-order valence-corrected chi connectivity index (χ0v) is 19.1. The predicted molar refractivity (Wildman–Crippen MR) is 141 cm³/mol. The molecule has 0 radical (unpaired) electrons. The Morgan fingerprint density at radius 3 is 1.97 bits per heavy atom. The third-order valence-electron chi connectivity index (χ3n) is 7.23. The molecule has 0 unspecified atom stereocenters. The Hall–Kier alpha value is -4.05. The van der Waals surface area contributed by atoms with Crippen LogP contribution in [0.25, 0.3) is 32.7 Å². The van der Waals surface area contributed by atoms with Gasteiger partial charge in [0.2, 0.25) is 0 Å². The van der Waals surface area contributed by atoms with Crippen molar-refractivity contribution in [3.63, 3.8) is 0 Å². The van der Waals surface area contributed by atoms with Gasteiger partial charge in [-0.1, -0.05) is 115 Å². The summed E-state index contributed by atoms with van der Waals surface area (Å²) < 4.78 is 0. The minimum atomic E-state index is -0.522. The highest BCUT2D eigenvalue weighted by atomic mass is 35.5. The molecule has 0 saturated carbocycles. The second-order valence-corrected chi connectivity index (χ2v) is 9.30. The van der Waals surface area contributed by atoms with Crippen molar-refractivity contribution in [1.82, 2.24) is 0 Å². The molecule has 158 valence electrons. The highest BCUT2D eigenvalue weighted by Crippen LogP contribution is 2.60. The fourth-order valence-corrected chi connectivity index (χ4v) is 6.16. The van der Waals surface area contributed by atoms with Gasteiger partial charge in [0, 0.05) is 10.4 Å². The van der Waals surface area contributed by atoms with Crippen LogP contribution in [0.5, 0.6) is 0 Å². The number of benzene rings is 5. The molecule has 0 heterocycles. The number of fused-ring (bicyclic) bond motifs is 8.